The van der Waals surface area contributed by atoms with Crippen LogP contribution in [0.25, 0.3) is 0 Å². The monoisotopic (exact) mass is 227 g/mol. The van der Waals surface area contributed by atoms with Gasteiger partial charge in [0.05, 0.1) is 12.1 Å². The van der Waals surface area contributed by atoms with Gasteiger partial charge in [-0.25, -0.2) is 0 Å². The van der Waals surface area contributed by atoms with Crippen LogP contribution in [-0.2, 0) is 9.59 Å². The highest BCUT2D eigenvalue weighted by atomic mass is 16.3. The maximum absolute atomic E-state index is 12.0. The summed E-state index contributed by atoms with van der Waals surface area (Å²) < 4.78 is 0. The minimum Gasteiger partial charge on any atom is -0.392 e. The molecule has 6 heteroatoms. The molecule has 0 aromatic heterocycles. The summed E-state index contributed by atoms with van der Waals surface area (Å²) in [6.45, 7) is 2.87. The van der Waals surface area contributed by atoms with Crippen molar-refractivity contribution in [2.75, 3.05) is 32.7 Å². The first kappa shape index (κ1) is 11.3. The maximum atomic E-state index is 12.0. The van der Waals surface area contributed by atoms with E-state index < -0.39 is 6.10 Å². The minimum atomic E-state index is -0.412. The lowest BCUT2D eigenvalue weighted by atomic mass is 10.1. The molecule has 90 valence electrons. The smallest absolute Gasteiger partial charge is 0.239 e. The van der Waals surface area contributed by atoms with Gasteiger partial charge in [-0.3, -0.25) is 9.59 Å². The van der Waals surface area contributed by atoms with E-state index >= 15 is 0 Å². The molecule has 2 fully saturated rings. The summed E-state index contributed by atoms with van der Waals surface area (Å²) >= 11 is 0. The zero-order chi connectivity index (χ0) is 11.5. The van der Waals surface area contributed by atoms with Crippen LogP contribution in [0, 0.1) is 0 Å². The number of aliphatic hydroxyl groups excluding tert-OH is 1. The molecule has 2 aliphatic rings. The lowest BCUT2D eigenvalue weighted by Gasteiger charge is -2.34. The Morgan fingerprint density at radius 2 is 2.00 bits per heavy atom. The number of amides is 2. The largest absolute Gasteiger partial charge is 0.392 e. The standard InChI is InChI=1S/C10H17N3O3/c14-7-12-1-3-13(4-2-12)10(16)9-5-8(15)6-11-9/h7-9,11,15H,1-6H2/t8-,9+/m1/s1. The molecule has 0 saturated carbocycles. The highest BCUT2D eigenvalue weighted by molar-refractivity contribution is 5.82. The minimum absolute atomic E-state index is 0.0436. The Labute approximate surface area is 94.2 Å². The summed E-state index contributed by atoms with van der Waals surface area (Å²) in [4.78, 5) is 25.9. The molecular weight excluding hydrogens is 210 g/mol. The van der Waals surface area contributed by atoms with Gasteiger partial charge in [-0.05, 0) is 6.42 Å². The average Bonchev–Trinajstić information content (AvgIpc) is 2.75. The first-order valence-corrected chi connectivity index (χ1v) is 5.60. The summed E-state index contributed by atoms with van der Waals surface area (Å²) in [5.74, 6) is 0.0436. The van der Waals surface area contributed by atoms with Crippen molar-refractivity contribution in [3.63, 3.8) is 0 Å². The van der Waals surface area contributed by atoms with Crippen molar-refractivity contribution in [2.24, 2.45) is 0 Å². The number of piperazine rings is 1. The molecule has 0 radical (unpaired) electrons. The predicted molar refractivity (Wildman–Crippen MR) is 56.6 cm³/mol. The molecule has 0 unspecified atom stereocenters. The Morgan fingerprint density at radius 1 is 1.31 bits per heavy atom. The van der Waals surface area contributed by atoms with Gasteiger partial charge in [-0.2, -0.15) is 0 Å². The summed E-state index contributed by atoms with van der Waals surface area (Å²) in [5, 5.41) is 12.3. The molecule has 16 heavy (non-hydrogen) atoms. The van der Waals surface area contributed by atoms with Crippen LogP contribution < -0.4 is 5.32 Å². The molecule has 2 saturated heterocycles. The zero-order valence-electron chi connectivity index (χ0n) is 9.13. The molecule has 2 N–H and O–H groups in total. The molecule has 0 aliphatic carbocycles. The maximum Gasteiger partial charge on any atom is 0.239 e. The number of carbonyl (C=O) groups is 2. The van der Waals surface area contributed by atoms with Gasteiger partial charge < -0.3 is 20.2 Å². The van der Waals surface area contributed by atoms with Gasteiger partial charge in [0, 0.05) is 32.7 Å². The van der Waals surface area contributed by atoms with Gasteiger partial charge in [0.2, 0.25) is 12.3 Å². The average molecular weight is 227 g/mol. The molecule has 0 aromatic rings. The Bertz CT molecular complexity index is 276. The third-order valence-electron chi connectivity index (χ3n) is 3.18. The summed E-state index contributed by atoms with van der Waals surface area (Å²) in [6, 6.07) is -0.252. The fraction of sp³-hybridized carbons (Fsp3) is 0.800. The Balaban J connectivity index is 1.84. The number of nitrogens with zero attached hydrogens (tertiary/aromatic N) is 2. The highest BCUT2D eigenvalue weighted by Gasteiger charge is 2.32. The molecule has 2 heterocycles. The number of nitrogens with one attached hydrogen (secondary N) is 1. The summed E-state index contributed by atoms with van der Waals surface area (Å²) in [6.07, 6.45) is 0.900. The Morgan fingerprint density at radius 3 is 2.50 bits per heavy atom. The normalized spacial score (nSPS) is 30.6. The van der Waals surface area contributed by atoms with Crippen molar-refractivity contribution < 1.29 is 14.7 Å². The van der Waals surface area contributed by atoms with Crippen LogP contribution in [0.1, 0.15) is 6.42 Å². The molecule has 0 spiro atoms. The van der Waals surface area contributed by atoms with E-state index in [1.165, 1.54) is 0 Å². The van der Waals surface area contributed by atoms with Crippen LogP contribution in [0.3, 0.4) is 0 Å². The lowest BCUT2D eigenvalue weighted by Crippen LogP contribution is -2.52. The Kier molecular flexibility index (Phi) is 3.40. The van der Waals surface area contributed by atoms with Crippen molar-refractivity contribution in [3.8, 4) is 0 Å². The van der Waals surface area contributed by atoms with Gasteiger partial charge in [0.1, 0.15) is 0 Å². The van der Waals surface area contributed by atoms with E-state index in [1.807, 2.05) is 0 Å². The van der Waals surface area contributed by atoms with Crippen LogP contribution in [-0.4, -0.2) is 72.1 Å². The number of hydrogen-bond acceptors (Lipinski definition) is 4. The van der Waals surface area contributed by atoms with E-state index in [0.29, 0.717) is 39.1 Å². The summed E-state index contributed by atoms with van der Waals surface area (Å²) in [5.41, 5.74) is 0. The van der Waals surface area contributed by atoms with Gasteiger partial charge in [-0.15, -0.1) is 0 Å². The van der Waals surface area contributed by atoms with E-state index in [2.05, 4.69) is 5.32 Å². The quantitative estimate of drug-likeness (QED) is 0.536. The second-order valence-corrected chi connectivity index (χ2v) is 4.32. The van der Waals surface area contributed by atoms with Crippen molar-refractivity contribution in [1.29, 1.82) is 0 Å². The number of aliphatic hydroxyl groups is 1. The predicted octanol–water partition coefficient (Wildman–Crippen LogP) is -1.99. The second kappa shape index (κ2) is 4.80. The van der Waals surface area contributed by atoms with Crippen LogP contribution in [0.5, 0.6) is 0 Å². The van der Waals surface area contributed by atoms with Crippen LogP contribution in [0.2, 0.25) is 0 Å². The molecule has 0 aromatic carbocycles. The topological polar surface area (TPSA) is 72.9 Å². The van der Waals surface area contributed by atoms with Gasteiger partial charge in [-0.1, -0.05) is 0 Å². The number of carbonyl (C=O) groups excluding carboxylic acids is 2. The number of β-amino-alcohol motifs (C(OH)–C–C–N with tert-alkyl or cyclic N) is 1. The van der Waals surface area contributed by atoms with Gasteiger partial charge in [0.15, 0.2) is 0 Å². The second-order valence-electron chi connectivity index (χ2n) is 4.32. The van der Waals surface area contributed by atoms with Crippen molar-refractivity contribution in [2.45, 2.75) is 18.6 Å². The molecule has 2 amide bonds. The lowest BCUT2D eigenvalue weighted by molar-refractivity contribution is -0.136. The zero-order valence-corrected chi connectivity index (χ0v) is 9.13. The third-order valence-corrected chi connectivity index (χ3v) is 3.18. The highest BCUT2D eigenvalue weighted by Crippen LogP contribution is 2.11. The first-order chi connectivity index (χ1) is 7.70. The summed E-state index contributed by atoms with van der Waals surface area (Å²) in [7, 11) is 0. The van der Waals surface area contributed by atoms with Gasteiger partial charge >= 0.3 is 0 Å². The fourth-order valence-corrected chi connectivity index (χ4v) is 2.17. The molecule has 2 aliphatic heterocycles. The SMILES string of the molecule is O=CN1CCN(C(=O)[C@@H]2C[C@@H](O)CN2)CC1. The molecular formula is C10H17N3O3. The number of hydrogen-bond donors (Lipinski definition) is 2. The van der Waals surface area contributed by atoms with Crippen molar-refractivity contribution in [3.05, 3.63) is 0 Å². The van der Waals surface area contributed by atoms with Crippen molar-refractivity contribution >= 4 is 12.3 Å². The molecule has 2 rings (SSSR count). The fourth-order valence-electron chi connectivity index (χ4n) is 2.17. The van der Waals surface area contributed by atoms with Crippen LogP contribution in [0.15, 0.2) is 0 Å². The van der Waals surface area contributed by atoms with Gasteiger partial charge in [0.25, 0.3) is 0 Å². The van der Waals surface area contributed by atoms with E-state index in [-0.39, 0.29) is 11.9 Å². The number of rotatable bonds is 2. The van der Waals surface area contributed by atoms with E-state index in [1.54, 1.807) is 9.80 Å². The Hall–Kier alpha value is -1.14. The van der Waals surface area contributed by atoms with Crippen LogP contribution in [0.4, 0.5) is 0 Å². The van der Waals surface area contributed by atoms with Crippen LogP contribution >= 0.6 is 0 Å². The third kappa shape index (κ3) is 2.33. The van der Waals surface area contributed by atoms with E-state index in [4.69, 9.17) is 0 Å². The van der Waals surface area contributed by atoms with Crippen molar-refractivity contribution in [1.82, 2.24) is 15.1 Å². The van der Waals surface area contributed by atoms with E-state index in [9.17, 15) is 14.7 Å². The first-order valence-electron chi connectivity index (χ1n) is 5.60. The molecule has 2 atom stereocenters. The van der Waals surface area contributed by atoms with E-state index in [0.717, 1.165) is 6.41 Å². The molecule has 6 nitrogen and oxygen atoms in total. The molecule has 0 bridgehead atoms.